The molecule has 1 atom stereocenters. The lowest BCUT2D eigenvalue weighted by Crippen LogP contribution is -2.50. The minimum Gasteiger partial charge on any atom is -0.343 e. The number of amides is 2. The molecule has 0 N–H and O–H groups in total. The van der Waals surface area contributed by atoms with Gasteiger partial charge in [0.1, 0.15) is 18.2 Å². The molecule has 0 spiro atoms. The van der Waals surface area contributed by atoms with Crippen molar-refractivity contribution in [3.63, 3.8) is 0 Å². The Balaban J connectivity index is 1.17. The summed E-state index contributed by atoms with van der Waals surface area (Å²) < 4.78 is 2.35. The van der Waals surface area contributed by atoms with Gasteiger partial charge in [-0.1, -0.05) is 11.6 Å². The summed E-state index contributed by atoms with van der Waals surface area (Å²) >= 11 is 7.13. The largest absolute Gasteiger partial charge is 0.343 e. The lowest BCUT2D eigenvalue weighted by atomic mass is 10.0. The molecule has 2 amide bonds. The summed E-state index contributed by atoms with van der Waals surface area (Å²) in [6.45, 7) is 4.20. The van der Waals surface area contributed by atoms with E-state index in [1.165, 1.54) is 17.7 Å². The van der Waals surface area contributed by atoms with Gasteiger partial charge in [-0.25, -0.2) is 9.67 Å². The van der Waals surface area contributed by atoms with E-state index in [-0.39, 0.29) is 36.5 Å². The normalized spacial score (nSPS) is 18.7. The molecule has 1 unspecified atom stereocenters. The molecule has 9 nitrogen and oxygen atoms in total. The molecule has 0 radical (unpaired) electrons. The number of rotatable bonds is 8. The lowest BCUT2D eigenvalue weighted by molar-refractivity contribution is -0.134. The van der Waals surface area contributed by atoms with Gasteiger partial charge in [0.25, 0.3) is 0 Å². The number of hydrogen-bond donors (Lipinski definition) is 0. The van der Waals surface area contributed by atoms with E-state index in [4.69, 9.17) is 11.6 Å². The van der Waals surface area contributed by atoms with E-state index in [0.717, 1.165) is 44.7 Å². The highest BCUT2D eigenvalue weighted by Gasteiger charge is 2.30. The van der Waals surface area contributed by atoms with Crippen molar-refractivity contribution in [3.05, 3.63) is 33.5 Å². The number of likely N-dealkylation sites (N-methyl/N-ethyl adjacent to an activating group) is 1. The quantitative estimate of drug-likeness (QED) is 0.524. The minimum atomic E-state index is -0.261. The number of carbonyl (C=O) groups excluding carboxylic acids is 3. The summed E-state index contributed by atoms with van der Waals surface area (Å²) in [7, 11) is 1.84. The number of hydrogen-bond acceptors (Lipinski definition) is 7. The Hall–Kier alpha value is -2.30. The van der Waals surface area contributed by atoms with E-state index in [9.17, 15) is 14.4 Å². The number of Topliss-reactive ketones (excluding diaryl/α,β-unsaturated/α-hetero) is 1. The van der Waals surface area contributed by atoms with Crippen LogP contribution in [0.1, 0.15) is 47.2 Å². The molecule has 1 fully saturated rings. The van der Waals surface area contributed by atoms with Crippen LogP contribution in [0.3, 0.4) is 0 Å². The highest BCUT2D eigenvalue weighted by Crippen LogP contribution is 2.24. The Bertz CT molecular complexity index is 1000. The zero-order valence-corrected chi connectivity index (χ0v) is 20.4. The van der Waals surface area contributed by atoms with Gasteiger partial charge in [-0.2, -0.15) is 5.10 Å². The fourth-order valence-electron chi connectivity index (χ4n) is 4.36. The first-order valence-electron chi connectivity index (χ1n) is 11.3. The van der Waals surface area contributed by atoms with Gasteiger partial charge >= 0.3 is 0 Å². The molecule has 2 aromatic heterocycles. The van der Waals surface area contributed by atoms with Crippen LogP contribution in [0.25, 0.3) is 0 Å². The molecule has 4 heterocycles. The van der Waals surface area contributed by atoms with Crippen molar-refractivity contribution in [2.24, 2.45) is 0 Å². The predicted molar refractivity (Wildman–Crippen MR) is 126 cm³/mol. The number of piperazine rings is 1. The van der Waals surface area contributed by atoms with Gasteiger partial charge in [-0.15, -0.1) is 11.3 Å². The molecule has 0 bridgehead atoms. The van der Waals surface area contributed by atoms with Crippen LogP contribution >= 0.6 is 22.9 Å². The van der Waals surface area contributed by atoms with Crippen molar-refractivity contribution in [1.29, 1.82) is 0 Å². The summed E-state index contributed by atoms with van der Waals surface area (Å²) in [6, 6.07) is 3.15. The average Bonchev–Trinajstić information content (AvgIpc) is 3.49. The van der Waals surface area contributed by atoms with Crippen molar-refractivity contribution in [1.82, 2.24) is 29.5 Å². The van der Waals surface area contributed by atoms with E-state index in [1.807, 2.05) is 11.9 Å². The third-order valence-corrected chi connectivity index (χ3v) is 7.64. The van der Waals surface area contributed by atoms with Gasteiger partial charge < -0.3 is 9.80 Å². The summed E-state index contributed by atoms with van der Waals surface area (Å²) in [6.07, 6.45) is 4.56. The summed E-state index contributed by atoms with van der Waals surface area (Å²) in [5.74, 6) is 0.933. The fourth-order valence-corrected chi connectivity index (χ4v) is 5.37. The Morgan fingerprint density at radius 1 is 1.18 bits per heavy atom. The second-order valence-electron chi connectivity index (χ2n) is 8.54. The number of nitrogens with zero attached hydrogens (tertiary/aromatic N) is 6. The van der Waals surface area contributed by atoms with Crippen molar-refractivity contribution in [3.8, 4) is 0 Å². The van der Waals surface area contributed by atoms with Crippen molar-refractivity contribution in [2.45, 2.75) is 38.1 Å². The number of carbonyl (C=O) groups is 3. The second kappa shape index (κ2) is 10.8. The molecule has 2 aromatic rings. The molecule has 0 aliphatic carbocycles. The molecule has 11 heteroatoms. The molecule has 178 valence electrons. The van der Waals surface area contributed by atoms with Crippen LogP contribution in [0.4, 0.5) is 0 Å². The van der Waals surface area contributed by atoms with Crippen LogP contribution in [-0.4, -0.2) is 93.4 Å². The maximum atomic E-state index is 12.9. The fraction of sp³-hybridized carbons (Fsp3) is 0.591. The summed E-state index contributed by atoms with van der Waals surface area (Å²) in [4.78, 5) is 48.4. The Labute approximate surface area is 202 Å². The van der Waals surface area contributed by atoms with Gasteiger partial charge in [0.05, 0.1) is 9.21 Å². The van der Waals surface area contributed by atoms with Crippen LogP contribution in [0.2, 0.25) is 4.34 Å². The standard InChI is InChI=1S/C22H29ClN6O3S/c1-26(22(32)16-3-2-4-20-24-15-25-29(16)20)9-10-27-11-13-28(14-12-27)21(31)8-5-17(30)18-6-7-19(23)33-18/h6-7,15-16H,2-5,8-14H2,1H3. The number of fused-ring (bicyclic) bond motifs is 1. The molecule has 0 saturated carbocycles. The molecular formula is C22H29ClN6O3S. The third kappa shape index (κ3) is 5.80. The van der Waals surface area contributed by atoms with Crippen molar-refractivity contribution in [2.75, 3.05) is 46.3 Å². The lowest BCUT2D eigenvalue weighted by Gasteiger charge is -2.36. The zero-order valence-electron chi connectivity index (χ0n) is 18.8. The summed E-state index contributed by atoms with van der Waals surface area (Å²) in [5, 5.41) is 4.24. The van der Waals surface area contributed by atoms with Gasteiger partial charge in [0, 0.05) is 65.6 Å². The number of ketones is 1. The van der Waals surface area contributed by atoms with E-state index < -0.39 is 0 Å². The minimum absolute atomic E-state index is 0.0129. The zero-order chi connectivity index (χ0) is 23.4. The van der Waals surface area contributed by atoms with Gasteiger partial charge in [-0.3, -0.25) is 19.3 Å². The van der Waals surface area contributed by atoms with Crippen LogP contribution in [0.5, 0.6) is 0 Å². The maximum Gasteiger partial charge on any atom is 0.247 e. The molecule has 4 rings (SSSR count). The van der Waals surface area contributed by atoms with E-state index >= 15 is 0 Å². The molecular weight excluding hydrogens is 464 g/mol. The van der Waals surface area contributed by atoms with Crippen molar-refractivity contribution < 1.29 is 14.4 Å². The van der Waals surface area contributed by atoms with Gasteiger partial charge in [-0.05, 0) is 25.0 Å². The maximum absolute atomic E-state index is 12.9. The topological polar surface area (TPSA) is 91.6 Å². The smallest absolute Gasteiger partial charge is 0.247 e. The number of aromatic nitrogens is 3. The van der Waals surface area contributed by atoms with Crippen LogP contribution < -0.4 is 0 Å². The molecule has 33 heavy (non-hydrogen) atoms. The van der Waals surface area contributed by atoms with Gasteiger partial charge in [0.15, 0.2) is 5.78 Å². The molecule has 2 aliphatic rings. The van der Waals surface area contributed by atoms with Crippen LogP contribution in [-0.2, 0) is 16.0 Å². The first-order chi connectivity index (χ1) is 15.9. The van der Waals surface area contributed by atoms with Crippen molar-refractivity contribution >= 4 is 40.5 Å². The highest BCUT2D eigenvalue weighted by molar-refractivity contribution is 7.18. The molecule has 1 saturated heterocycles. The third-order valence-electron chi connectivity index (χ3n) is 6.37. The molecule has 2 aliphatic heterocycles. The van der Waals surface area contributed by atoms with Crippen LogP contribution in [0, 0.1) is 0 Å². The molecule has 0 aromatic carbocycles. The predicted octanol–water partition coefficient (Wildman–Crippen LogP) is 2.14. The monoisotopic (exact) mass is 492 g/mol. The summed E-state index contributed by atoms with van der Waals surface area (Å²) in [5.41, 5.74) is 0. The Morgan fingerprint density at radius 2 is 1.97 bits per heavy atom. The number of halogens is 1. The van der Waals surface area contributed by atoms with E-state index in [1.54, 1.807) is 21.7 Å². The number of thiophene rings is 1. The Kier molecular flexibility index (Phi) is 7.77. The first kappa shape index (κ1) is 23.8. The SMILES string of the molecule is CN(CCN1CCN(C(=O)CCC(=O)c2ccc(Cl)s2)CC1)C(=O)C1CCCc2ncnn21. The van der Waals surface area contributed by atoms with E-state index in [2.05, 4.69) is 15.0 Å². The Morgan fingerprint density at radius 3 is 2.70 bits per heavy atom. The average molecular weight is 493 g/mol. The first-order valence-corrected chi connectivity index (χ1v) is 12.5. The highest BCUT2D eigenvalue weighted by atomic mass is 35.5. The van der Waals surface area contributed by atoms with E-state index in [0.29, 0.717) is 28.8 Å². The van der Waals surface area contributed by atoms with Gasteiger partial charge in [0.2, 0.25) is 11.8 Å². The van der Waals surface area contributed by atoms with Crippen LogP contribution in [0.15, 0.2) is 18.5 Å². The second-order valence-corrected chi connectivity index (χ2v) is 10.3. The number of aryl methyl sites for hydroxylation is 1.